The molecule has 0 aromatic carbocycles. The Morgan fingerprint density at radius 1 is 0.957 bits per heavy atom. The van der Waals surface area contributed by atoms with E-state index < -0.39 is 0 Å². The number of ketones is 1. The van der Waals surface area contributed by atoms with Crippen molar-refractivity contribution in [2.45, 2.75) is 90.6 Å². The van der Waals surface area contributed by atoms with Gasteiger partial charge in [-0.25, -0.2) is 0 Å². The molecule has 3 nitrogen and oxygen atoms in total. The summed E-state index contributed by atoms with van der Waals surface area (Å²) in [5.41, 5.74) is 0. The van der Waals surface area contributed by atoms with Crippen LogP contribution in [-0.2, 0) is 9.53 Å². The molecule has 0 aromatic heterocycles. The molecule has 23 heavy (non-hydrogen) atoms. The topological polar surface area (TPSA) is 29.5 Å². The molecule has 0 saturated carbocycles. The molecule has 0 aromatic rings. The summed E-state index contributed by atoms with van der Waals surface area (Å²) >= 11 is 0. The third-order valence-electron chi connectivity index (χ3n) is 5.16. The Balaban J connectivity index is 1.81. The zero-order chi connectivity index (χ0) is 16.9. The van der Waals surface area contributed by atoms with Crippen molar-refractivity contribution in [1.82, 2.24) is 4.90 Å². The summed E-state index contributed by atoms with van der Waals surface area (Å²) in [6, 6.07) is 0. The van der Waals surface area contributed by atoms with E-state index in [0.717, 1.165) is 12.8 Å². The highest BCUT2D eigenvalue weighted by molar-refractivity contribution is 5.80. The van der Waals surface area contributed by atoms with E-state index >= 15 is 0 Å². The number of hydrogen-bond donors (Lipinski definition) is 0. The smallest absolute Gasteiger partial charge is 0.135 e. The van der Waals surface area contributed by atoms with Crippen LogP contribution in [0.2, 0.25) is 0 Å². The van der Waals surface area contributed by atoms with Crippen molar-refractivity contribution < 1.29 is 9.53 Å². The van der Waals surface area contributed by atoms with Crippen molar-refractivity contribution in [3.05, 3.63) is 0 Å². The zero-order valence-corrected chi connectivity index (χ0v) is 15.8. The molecule has 0 atom stereocenters. The maximum atomic E-state index is 11.5. The SMILES string of the molecule is COC1CCN(CCCCCCCCCCC(=O)C(C)C)CC1. The van der Waals surface area contributed by atoms with Crippen molar-refractivity contribution >= 4 is 5.78 Å². The molecule has 0 radical (unpaired) electrons. The molecule has 0 spiro atoms. The van der Waals surface area contributed by atoms with Crippen molar-refractivity contribution in [2.24, 2.45) is 5.92 Å². The molecule has 0 N–H and O–H groups in total. The predicted octanol–water partition coefficient (Wildman–Crippen LogP) is 4.83. The average molecular weight is 326 g/mol. The summed E-state index contributed by atoms with van der Waals surface area (Å²) in [6.45, 7) is 7.71. The molecule has 0 amide bonds. The van der Waals surface area contributed by atoms with E-state index in [4.69, 9.17) is 4.74 Å². The van der Waals surface area contributed by atoms with Crippen LogP contribution in [0.3, 0.4) is 0 Å². The van der Waals surface area contributed by atoms with Gasteiger partial charge < -0.3 is 9.64 Å². The monoisotopic (exact) mass is 325 g/mol. The van der Waals surface area contributed by atoms with Crippen molar-refractivity contribution in [3.63, 3.8) is 0 Å². The lowest BCUT2D eigenvalue weighted by molar-refractivity contribution is -0.122. The average Bonchev–Trinajstić information content (AvgIpc) is 2.56. The lowest BCUT2D eigenvalue weighted by Gasteiger charge is -2.31. The first-order valence-electron chi connectivity index (χ1n) is 9.91. The fraction of sp³-hybridized carbons (Fsp3) is 0.950. The first-order valence-corrected chi connectivity index (χ1v) is 9.91. The Kier molecular flexibility index (Phi) is 11.6. The molecule has 1 aliphatic rings. The van der Waals surface area contributed by atoms with E-state index in [-0.39, 0.29) is 5.92 Å². The van der Waals surface area contributed by atoms with E-state index in [1.165, 1.54) is 77.4 Å². The number of hydrogen-bond acceptors (Lipinski definition) is 3. The van der Waals surface area contributed by atoms with Crippen LogP contribution < -0.4 is 0 Å². The van der Waals surface area contributed by atoms with E-state index in [0.29, 0.717) is 11.9 Å². The number of methoxy groups -OCH3 is 1. The van der Waals surface area contributed by atoms with E-state index in [1.807, 2.05) is 21.0 Å². The van der Waals surface area contributed by atoms with Gasteiger partial charge in [0.1, 0.15) is 5.78 Å². The van der Waals surface area contributed by atoms with Gasteiger partial charge in [0.15, 0.2) is 0 Å². The molecule has 0 aliphatic carbocycles. The minimum absolute atomic E-state index is 0.218. The summed E-state index contributed by atoms with van der Waals surface area (Å²) in [7, 11) is 1.84. The molecule has 1 rings (SSSR count). The molecule has 136 valence electrons. The Morgan fingerprint density at radius 2 is 1.48 bits per heavy atom. The molecule has 1 heterocycles. The van der Waals surface area contributed by atoms with Gasteiger partial charge in [-0.15, -0.1) is 0 Å². The second-order valence-electron chi connectivity index (χ2n) is 7.48. The number of carbonyl (C=O) groups excluding carboxylic acids is 1. The zero-order valence-electron chi connectivity index (χ0n) is 15.8. The molecule has 0 bridgehead atoms. The molecular formula is C20H39NO2. The molecule has 1 saturated heterocycles. The Hall–Kier alpha value is -0.410. The lowest BCUT2D eigenvalue weighted by Crippen LogP contribution is -2.37. The second kappa shape index (κ2) is 12.9. The van der Waals surface area contributed by atoms with E-state index in [1.54, 1.807) is 0 Å². The summed E-state index contributed by atoms with van der Waals surface area (Å²) in [4.78, 5) is 14.1. The number of carbonyl (C=O) groups is 1. The Bertz CT molecular complexity index is 296. The first-order chi connectivity index (χ1) is 11.1. The number of piperidine rings is 1. The van der Waals surface area contributed by atoms with Gasteiger partial charge in [0.25, 0.3) is 0 Å². The molecular weight excluding hydrogens is 286 g/mol. The van der Waals surface area contributed by atoms with Crippen LogP contribution in [0.1, 0.15) is 84.5 Å². The number of likely N-dealkylation sites (tertiary alicyclic amines) is 1. The Morgan fingerprint density at radius 3 is 2.00 bits per heavy atom. The number of Topliss-reactive ketones (excluding diaryl/α,β-unsaturated/α-hetero) is 1. The van der Waals surface area contributed by atoms with Crippen LogP contribution in [0.4, 0.5) is 0 Å². The number of unbranched alkanes of at least 4 members (excludes halogenated alkanes) is 7. The van der Waals surface area contributed by atoms with Gasteiger partial charge in [-0.05, 0) is 32.2 Å². The number of rotatable bonds is 13. The molecule has 1 aliphatic heterocycles. The van der Waals surface area contributed by atoms with Gasteiger partial charge in [-0.3, -0.25) is 4.79 Å². The standard InChI is InChI=1S/C20H39NO2/c1-18(2)20(22)12-10-8-6-4-5-7-9-11-15-21-16-13-19(23-3)14-17-21/h18-19H,4-17H2,1-3H3. The maximum Gasteiger partial charge on any atom is 0.135 e. The summed E-state index contributed by atoms with van der Waals surface area (Å²) in [5, 5.41) is 0. The highest BCUT2D eigenvalue weighted by Crippen LogP contribution is 2.15. The lowest BCUT2D eigenvalue weighted by atomic mass is 10.0. The third-order valence-corrected chi connectivity index (χ3v) is 5.16. The third kappa shape index (κ3) is 10.1. The van der Waals surface area contributed by atoms with E-state index in [9.17, 15) is 4.79 Å². The van der Waals surface area contributed by atoms with Crippen LogP contribution >= 0.6 is 0 Å². The minimum Gasteiger partial charge on any atom is -0.381 e. The predicted molar refractivity (Wildman–Crippen MR) is 97.9 cm³/mol. The van der Waals surface area contributed by atoms with Crippen LogP contribution in [0.5, 0.6) is 0 Å². The minimum atomic E-state index is 0.218. The first kappa shape index (κ1) is 20.6. The summed E-state index contributed by atoms with van der Waals surface area (Å²) in [5.74, 6) is 0.648. The van der Waals surface area contributed by atoms with Crippen LogP contribution in [-0.4, -0.2) is 43.5 Å². The largest absolute Gasteiger partial charge is 0.381 e. The number of nitrogens with zero attached hydrogens (tertiary/aromatic N) is 1. The van der Waals surface area contributed by atoms with Gasteiger partial charge in [-0.1, -0.05) is 52.4 Å². The maximum absolute atomic E-state index is 11.5. The van der Waals surface area contributed by atoms with Gasteiger partial charge in [0, 0.05) is 32.5 Å². The van der Waals surface area contributed by atoms with Crippen LogP contribution in [0, 0.1) is 5.92 Å². The number of ether oxygens (including phenoxy) is 1. The highest BCUT2D eigenvalue weighted by atomic mass is 16.5. The van der Waals surface area contributed by atoms with Gasteiger partial charge in [0.2, 0.25) is 0 Å². The van der Waals surface area contributed by atoms with Crippen molar-refractivity contribution in [1.29, 1.82) is 0 Å². The van der Waals surface area contributed by atoms with Crippen molar-refractivity contribution in [3.8, 4) is 0 Å². The fourth-order valence-electron chi connectivity index (χ4n) is 3.35. The molecule has 3 heteroatoms. The quantitative estimate of drug-likeness (QED) is 0.454. The van der Waals surface area contributed by atoms with Crippen LogP contribution in [0.15, 0.2) is 0 Å². The molecule has 1 fully saturated rings. The van der Waals surface area contributed by atoms with Crippen molar-refractivity contribution in [2.75, 3.05) is 26.7 Å². The van der Waals surface area contributed by atoms with Gasteiger partial charge in [-0.2, -0.15) is 0 Å². The molecule has 0 unspecified atom stereocenters. The Labute approximate surface area is 144 Å². The van der Waals surface area contributed by atoms with E-state index in [2.05, 4.69) is 4.90 Å². The highest BCUT2D eigenvalue weighted by Gasteiger charge is 2.17. The normalized spacial score (nSPS) is 17.0. The summed E-state index contributed by atoms with van der Waals surface area (Å²) in [6.07, 6.45) is 14.1. The second-order valence-corrected chi connectivity index (χ2v) is 7.48. The van der Waals surface area contributed by atoms with Gasteiger partial charge >= 0.3 is 0 Å². The van der Waals surface area contributed by atoms with Crippen LogP contribution in [0.25, 0.3) is 0 Å². The summed E-state index contributed by atoms with van der Waals surface area (Å²) < 4.78 is 5.42. The fourth-order valence-corrected chi connectivity index (χ4v) is 3.35. The van der Waals surface area contributed by atoms with Gasteiger partial charge in [0.05, 0.1) is 6.10 Å².